The van der Waals surface area contributed by atoms with Gasteiger partial charge in [0.15, 0.2) is 6.10 Å². The molecule has 0 bridgehead atoms. The number of thiazole rings is 1. The highest BCUT2D eigenvalue weighted by atomic mass is 35.5. The van der Waals surface area contributed by atoms with Crippen molar-refractivity contribution in [1.82, 2.24) is 10.3 Å². The van der Waals surface area contributed by atoms with Gasteiger partial charge >= 0.3 is 0 Å². The predicted octanol–water partition coefficient (Wildman–Crippen LogP) is 5.16. The summed E-state index contributed by atoms with van der Waals surface area (Å²) in [5, 5.41) is 6.50. The van der Waals surface area contributed by atoms with Gasteiger partial charge in [-0.2, -0.15) is 0 Å². The average molecular weight is 401 g/mol. The van der Waals surface area contributed by atoms with E-state index in [0.717, 1.165) is 32.4 Å². The lowest BCUT2D eigenvalue weighted by Crippen LogP contribution is -2.36. The van der Waals surface area contributed by atoms with Crippen LogP contribution in [0.1, 0.15) is 23.7 Å². The molecule has 2 aromatic carbocycles. The third-order valence-electron chi connectivity index (χ3n) is 4.11. The van der Waals surface area contributed by atoms with Crippen LogP contribution < -0.4 is 10.1 Å². The summed E-state index contributed by atoms with van der Waals surface area (Å²) in [6.07, 6.45) is -0.614. The number of aryl methyl sites for hydroxylation is 2. The predicted molar refractivity (Wildman–Crippen MR) is 110 cm³/mol. The van der Waals surface area contributed by atoms with Gasteiger partial charge in [-0.1, -0.05) is 41.9 Å². The van der Waals surface area contributed by atoms with Crippen LogP contribution in [0.15, 0.2) is 47.8 Å². The van der Waals surface area contributed by atoms with Gasteiger partial charge in [-0.25, -0.2) is 4.98 Å². The van der Waals surface area contributed by atoms with Gasteiger partial charge in [0.05, 0.1) is 12.2 Å². The fourth-order valence-electron chi connectivity index (χ4n) is 2.65. The summed E-state index contributed by atoms with van der Waals surface area (Å²) in [5.41, 5.74) is 3.76. The normalized spacial score (nSPS) is 11.9. The first-order chi connectivity index (χ1) is 12.9. The Kier molecular flexibility index (Phi) is 6.14. The lowest BCUT2D eigenvalue weighted by Gasteiger charge is -2.16. The van der Waals surface area contributed by atoms with Crippen LogP contribution in [0.2, 0.25) is 5.02 Å². The molecule has 3 rings (SSSR count). The van der Waals surface area contributed by atoms with Crippen LogP contribution in [0, 0.1) is 13.8 Å². The smallest absolute Gasteiger partial charge is 0.261 e. The maximum atomic E-state index is 12.3. The van der Waals surface area contributed by atoms with E-state index >= 15 is 0 Å². The van der Waals surface area contributed by atoms with E-state index in [0.29, 0.717) is 12.3 Å². The molecule has 0 saturated carbocycles. The zero-order valence-electron chi connectivity index (χ0n) is 15.5. The fraction of sp³-hybridized carbons (Fsp3) is 0.238. The summed E-state index contributed by atoms with van der Waals surface area (Å²) in [7, 11) is 0. The van der Waals surface area contributed by atoms with Crippen LogP contribution in [0.5, 0.6) is 5.75 Å². The number of nitrogens with one attached hydrogen (secondary N) is 1. The molecule has 0 fully saturated rings. The third kappa shape index (κ3) is 4.87. The Labute approximate surface area is 168 Å². The van der Waals surface area contributed by atoms with E-state index in [2.05, 4.69) is 10.3 Å². The van der Waals surface area contributed by atoms with E-state index in [1.165, 1.54) is 0 Å². The van der Waals surface area contributed by atoms with E-state index in [-0.39, 0.29) is 5.91 Å². The topological polar surface area (TPSA) is 51.2 Å². The number of nitrogens with zero attached hydrogens (tertiary/aromatic N) is 1. The number of carbonyl (C=O) groups is 1. The molecule has 0 aliphatic rings. The van der Waals surface area contributed by atoms with Gasteiger partial charge in [0.1, 0.15) is 10.8 Å². The van der Waals surface area contributed by atoms with E-state index < -0.39 is 6.10 Å². The van der Waals surface area contributed by atoms with Gasteiger partial charge in [-0.3, -0.25) is 4.79 Å². The molecule has 140 valence electrons. The van der Waals surface area contributed by atoms with Crippen LogP contribution >= 0.6 is 22.9 Å². The van der Waals surface area contributed by atoms with Crippen molar-refractivity contribution in [1.29, 1.82) is 0 Å². The molecule has 0 spiro atoms. The maximum Gasteiger partial charge on any atom is 0.261 e. The third-order valence-corrected chi connectivity index (χ3v) is 5.64. The molecule has 0 aliphatic carbocycles. The van der Waals surface area contributed by atoms with E-state index in [1.807, 2.05) is 61.7 Å². The first kappa shape index (κ1) is 19.4. The van der Waals surface area contributed by atoms with Crippen molar-refractivity contribution < 1.29 is 9.53 Å². The van der Waals surface area contributed by atoms with E-state index in [9.17, 15) is 4.79 Å². The Bertz CT molecular complexity index is 917. The van der Waals surface area contributed by atoms with Crippen molar-refractivity contribution >= 4 is 28.8 Å². The first-order valence-corrected chi connectivity index (χ1v) is 9.90. The highest BCUT2D eigenvalue weighted by Crippen LogP contribution is 2.26. The lowest BCUT2D eigenvalue weighted by atomic mass is 10.1. The highest BCUT2D eigenvalue weighted by Gasteiger charge is 2.16. The minimum absolute atomic E-state index is 0.186. The Morgan fingerprint density at radius 2 is 1.89 bits per heavy atom. The molecule has 4 nitrogen and oxygen atoms in total. The molecule has 0 radical (unpaired) electrons. The second-order valence-corrected chi connectivity index (χ2v) is 7.60. The summed E-state index contributed by atoms with van der Waals surface area (Å²) in [6.45, 7) is 5.93. The molecule has 1 heterocycles. The number of hydrogen-bond acceptors (Lipinski definition) is 4. The number of carbonyl (C=O) groups excluding carboxylic acids is 1. The van der Waals surface area contributed by atoms with Crippen LogP contribution in [0.4, 0.5) is 0 Å². The molecular weight excluding hydrogens is 380 g/mol. The second kappa shape index (κ2) is 8.55. The average Bonchev–Trinajstić information content (AvgIpc) is 3.14. The van der Waals surface area contributed by atoms with Gasteiger partial charge in [0.25, 0.3) is 5.91 Å². The minimum atomic E-state index is -0.614. The van der Waals surface area contributed by atoms with Crippen LogP contribution in [-0.2, 0) is 11.3 Å². The van der Waals surface area contributed by atoms with Crippen molar-refractivity contribution in [3.8, 4) is 16.3 Å². The fourth-order valence-corrected chi connectivity index (χ4v) is 3.59. The minimum Gasteiger partial charge on any atom is -0.481 e. The van der Waals surface area contributed by atoms with E-state index in [1.54, 1.807) is 18.3 Å². The molecule has 1 N–H and O–H groups in total. The number of hydrogen-bond donors (Lipinski definition) is 1. The Hall–Kier alpha value is -2.37. The van der Waals surface area contributed by atoms with Gasteiger partial charge in [0.2, 0.25) is 0 Å². The molecule has 1 aromatic heterocycles. The van der Waals surface area contributed by atoms with Crippen molar-refractivity contribution in [3.05, 3.63) is 69.7 Å². The molecule has 0 aliphatic heterocycles. The van der Waals surface area contributed by atoms with Crippen LogP contribution in [0.3, 0.4) is 0 Å². The summed E-state index contributed by atoms with van der Waals surface area (Å²) in [5.74, 6) is 0.451. The Morgan fingerprint density at radius 1 is 1.22 bits per heavy atom. The molecule has 6 heteroatoms. The number of halogens is 1. The summed E-state index contributed by atoms with van der Waals surface area (Å²) < 4.78 is 5.77. The number of ether oxygens (including phenoxy) is 1. The van der Waals surface area contributed by atoms with E-state index in [4.69, 9.17) is 16.3 Å². The number of benzene rings is 2. The molecular formula is C21H21ClN2O2S. The summed E-state index contributed by atoms with van der Waals surface area (Å²) in [4.78, 5) is 16.9. The summed E-state index contributed by atoms with van der Waals surface area (Å²) in [6, 6.07) is 13.7. The highest BCUT2D eigenvalue weighted by molar-refractivity contribution is 7.13. The quantitative estimate of drug-likeness (QED) is 0.621. The zero-order chi connectivity index (χ0) is 19.4. The first-order valence-electron chi connectivity index (χ1n) is 8.65. The van der Waals surface area contributed by atoms with Crippen molar-refractivity contribution in [2.24, 2.45) is 0 Å². The van der Waals surface area contributed by atoms with Gasteiger partial charge < -0.3 is 10.1 Å². The van der Waals surface area contributed by atoms with Crippen molar-refractivity contribution in [2.75, 3.05) is 0 Å². The number of rotatable bonds is 6. The van der Waals surface area contributed by atoms with Crippen molar-refractivity contribution in [2.45, 2.75) is 33.4 Å². The number of aromatic nitrogens is 1. The molecule has 3 aromatic rings. The summed E-state index contributed by atoms with van der Waals surface area (Å²) >= 11 is 7.74. The van der Waals surface area contributed by atoms with Gasteiger partial charge in [0, 0.05) is 16.0 Å². The SMILES string of the molecule is Cc1cc(O[C@@H](C)C(=O)NCc2csc(-c3ccccc3)n2)cc(C)c1Cl. The lowest BCUT2D eigenvalue weighted by molar-refractivity contribution is -0.127. The molecule has 1 amide bonds. The zero-order valence-corrected chi connectivity index (χ0v) is 17.0. The number of amides is 1. The Balaban J connectivity index is 1.57. The van der Waals surface area contributed by atoms with Crippen LogP contribution in [0.25, 0.3) is 10.6 Å². The molecule has 0 unspecified atom stereocenters. The molecule has 27 heavy (non-hydrogen) atoms. The monoisotopic (exact) mass is 400 g/mol. The van der Waals surface area contributed by atoms with Gasteiger partial charge in [-0.05, 0) is 44.0 Å². The molecule has 0 saturated heterocycles. The second-order valence-electron chi connectivity index (χ2n) is 6.36. The molecule has 1 atom stereocenters. The van der Waals surface area contributed by atoms with Crippen LogP contribution in [-0.4, -0.2) is 17.0 Å². The Morgan fingerprint density at radius 3 is 2.56 bits per heavy atom. The maximum absolute atomic E-state index is 12.3. The van der Waals surface area contributed by atoms with Crippen molar-refractivity contribution in [3.63, 3.8) is 0 Å². The van der Waals surface area contributed by atoms with Gasteiger partial charge in [-0.15, -0.1) is 11.3 Å². The largest absolute Gasteiger partial charge is 0.481 e. The standard InChI is InChI=1S/C21H21ClN2O2S/c1-13-9-18(10-14(2)19(13)22)26-15(3)20(25)23-11-17-12-27-21(24-17)16-7-5-4-6-8-16/h4-10,12,15H,11H2,1-3H3,(H,23,25)/t15-/m0/s1.